The number of rotatable bonds is 5. The van der Waals surface area contributed by atoms with E-state index in [9.17, 15) is 0 Å². The summed E-state index contributed by atoms with van der Waals surface area (Å²) in [5, 5.41) is 0.809. The molecule has 1 aliphatic rings. The average Bonchev–Trinajstić information content (AvgIpc) is 2.57. The van der Waals surface area contributed by atoms with Crippen molar-refractivity contribution < 1.29 is 0 Å². The van der Waals surface area contributed by atoms with Crippen LogP contribution >= 0.6 is 11.6 Å². The van der Waals surface area contributed by atoms with E-state index in [1.165, 1.54) is 30.6 Å². The SMILES string of the molecule is Clc1ccc(N2CCN(CCCc3ccccc3)CC2)cc1. The van der Waals surface area contributed by atoms with Gasteiger partial charge in [-0.3, -0.25) is 4.90 Å². The highest BCUT2D eigenvalue weighted by molar-refractivity contribution is 6.30. The summed E-state index contributed by atoms with van der Waals surface area (Å²) >= 11 is 5.95. The first-order valence-corrected chi connectivity index (χ1v) is 8.46. The molecule has 1 saturated heterocycles. The molecule has 0 aliphatic carbocycles. The Hall–Kier alpha value is -1.51. The van der Waals surface area contributed by atoms with Crippen molar-refractivity contribution in [1.82, 2.24) is 4.90 Å². The topological polar surface area (TPSA) is 6.48 Å². The Labute approximate surface area is 138 Å². The van der Waals surface area contributed by atoms with E-state index in [2.05, 4.69) is 52.3 Å². The molecule has 0 aromatic heterocycles. The van der Waals surface area contributed by atoms with Gasteiger partial charge in [-0.1, -0.05) is 41.9 Å². The highest BCUT2D eigenvalue weighted by Crippen LogP contribution is 2.19. The van der Waals surface area contributed by atoms with Crippen molar-refractivity contribution >= 4 is 17.3 Å². The molecule has 0 bridgehead atoms. The number of hydrogen-bond acceptors (Lipinski definition) is 2. The fourth-order valence-electron chi connectivity index (χ4n) is 3.03. The van der Waals surface area contributed by atoms with Crippen molar-refractivity contribution in [3.63, 3.8) is 0 Å². The Balaban J connectivity index is 1.41. The standard InChI is InChI=1S/C19H23ClN2/c20-18-8-10-19(11-9-18)22-15-13-21(14-16-22)12-4-7-17-5-2-1-3-6-17/h1-3,5-6,8-11H,4,7,12-16H2. The summed E-state index contributed by atoms with van der Waals surface area (Å²) in [6.45, 7) is 5.71. The van der Waals surface area contributed by atoms with Crippen molar-refractivity contribution in [3.8, 4) is 0 Å². The van der Waals surface area contributed by atoms with E-state index < -0.39 is 0 Å². The summed E-state index contributed by atoms with van der Waals surface area (Å²) in [7, 11) is 0. The minimum absolute atomic E-state index is 0.809. The Morgan fingerprint density at radius 3 is 2.18 bits per heavy atom. The van der Waals surface area contributed by atoms with Crippen LogP contribution in [0, 0.1) is 0 Å². The van der Waals surface area contributed by atoms with Gasteiger partial charge in [-0.15, -0.1) is 0 Å². The summed E-state index contributed by atoms with van der Waals surface area (Å²) in [4.78, 5) is 5.03. The molecular weight excluding hydrogens is 292 g/mol. The molecule has 22 heavy (non-hydrogen) atoms. The van der Waals surface area contributed by atoms with E-state index >= 15 is 0 Å². The van der Waals surface area contributed by atoms with Crippen LogP contribution in [0.4, 0.5) is 5.69 Å². The van der Waals surface area contributed by atoms with Gasteiger partial charge < -0.3 is 4.90 Å². The van der Waals surface area contributed by atoms with Crippen LogP contribution in [-0.4, -0.2) is 37.6 Å². The zero-order valence-electron chi connectivity index (χ0n) is 12.9. The monoisotopic (exact) mass is 314 g/mol. The van der Waals surface area contributed by atoms with Gasteiger partial charge in [0, 0.05) is 36.9 Å². The molecule has 116 valence electrons. The number of halogens is 1. The predicted molar refractivity (Wildman–Crippen MR) is 94.9 cm³/mol. The second-order valence-corrected chi connectivity index (χ2v) is 6.33. The van der Waals surface area contributed by atoms with Crippen molar-refractivity contribution in [2.45, 2.75) is 12.8 Å². The molecule has 0 saturated carbocycles. The fourth-order valence-corrected chi connectivity index (χ4v) is 3.16. The predicted octanol–water partition coefficient (Wildman–Crippen LogP) is 4.09. The van der Waals surface area contributed by atoms with Crippen LogP contribution in [-0.2, 0) is 6.42 Å². The van der Waals surface area contributed by atoms with Crippen LogP contribution in [0.5, 0.6) is 0 Å². The average molecular weight is 315 g/mol. The van der Waals surface area contributed by atoms with E-state index in [0.717, 1.165) is 31.2 Å². The molecular formula is C19H23ClN2. The maximum absolute atomic E-state index is 5.95. The summed E-state index contributed by atoms with van der Waals surface area (Å²) in [5.41, 5.74) is 2.73. The van der Waals surface area contributed by atoms with Gasteiger partial charge >= 0.3 is 0 Å². The fraction of sp³-hybridized carbons (Fsp3) is 0.368. The maximum Gasteiger partial charge on any atom is 0.0407 e. The normalized spacial score (nSPS) is 16.0. The minimum Gasteiger partial charge on any atom is -0.369 e. The second-order valence-electron chi connectivity index (χ2n) is 5.89. The van der Waals surface area contributed by atoms with E-state index in [1.807, 2.05) is 12.1 Å². The lowest BCUT2D eigenvalue weighted by Gasteiger charge is -2.36. The number of hydrogen-bond donors (Lipinski definition) is 0. The number of aryl methyl sites for hydroxylation is 1. The van der Waals surface area contributed by atoms with Crippen LogP contribution in [0.15, 0.2) is 54.6 Å². The van der Waals surface area contributed by atoms with E-state index in [-0.39, 0.29) is 0 Å². The van der Waals surface area contributed by atoms with E-state index in [0.29, 0.717) is 0 Å². The van der Waals surface area contributed by atoms with Gasteiger partial charge in [-0.25, -0.2) is 0 Å². The van der Waals surface area contributed by atoms with Gasteiger partial charge in [0.25, 0.3) is 0 Å². The molecule has 0 unspecified atom stereocenters. The van der Waals surface area contributed by atoms with Crippen LogP contribution in [0.2, 0.25) is 5.02 Å². The van der Waals surface area contributed by atoms with Crippen molar-refractivity contribution in [3.05, 3.63) is 65.2 Å². The lowest BCUT2D eigenvalue weighted by molar-refractivity contribution is 0.255. The zero-order valence-corrected chi connectivity index (χ0v) is 13.7. The quantitative estimate of drug-likeness (QED) is 0.820. The molecule has 0 atom stereocenters. The van der Waals surface area contributed by atoms with Gasteiger partial charge in [0.2, 0.25) is 0 Å². The Kier molecular flexibility index (Phi) is 5.36. The molecule has 1 fully saturated rings. The maximum atomic E-state index is 5.95. The largest absolute Gasteiger partial charge is 0.369 e. The summed E-state index contributed by atoms with van der Waals surface area (Å²) in [6, 6.07) is 19.0. The minimum atomic E-state index is 0.809. The number of benzene rings is 2. The molecule has 0 N–H and O–H groups in total. The summed E-state index contributed by atoms with van der Waals surface area (Å²) in [6.07, 6.45) is 2.42. The van der Waals surface area contributed by atoms with Gasteiger partial charge in [-0.05, 0) is 49.2 Å². The van der Waals surface area contributed by atoms with Crippen molar-refractivity contribution in [2.75, 3.05) is 37.6 Å². The molecule has 0 amide bonds. The van der Waals surface area contributed by atoms with Gasteiger partial charge in [0.15, 0.2) is 0 Å². The molecule has 3 heteroatoms. The third-order valence-electron chi connectivity index (χ3n) is 4.35. The van der Waals surface area contributed by atoms with Crippen LogP contribution in [0.3, 0.4) is 0 Å². The lowest BCUT2D eigenvalue weighted by Crippen LogP contribution is -2.46. The molecule has 0 spiro atoms. The van der Waals surface area contributed by atoms with Crippen molar-refractivity contribution in [1.29, 1.82) is 0 Å². The number of anilines is 1. The third-order valence-corrected chi connectivity index (χ3v) is 4.60. The number of nitrogens with zero attached hydrogens (tertiary/aromatic N) is 2. The molecule has 3 rings (SSSR count). The first-order valence-electron chi connectivity index (χ1n) is 8.08. The summed E-state index contributed by atoms with van der Waals surface area (Å²) in [5.74, 6) is 0. The van der Waals surface area contributed by atoms with Gasteiger partial charge in [0.1, 0.15) is 0 Å². The van der Waals surface area contributed by atoms with Crippen molar-refractivity contribution in [2.24, 2.45) is 0 Å². The van der Waals surface area contributed by atoms with Gasteiger partial charge in [-0.2, -0.15) is 0 Å². The Morgan fingerprint density at radius 1 is 0.818 bits per heavy atom. The Bertz CT molecular complexity index is 560. The highest BCUT2D eigenvalue weighted by atomic mass is 35.5. The first kappa shape index (κ1) is 15.4. The summed E-state index contributed by atoms with van der Waals surface area (Å²) < 4.78 is 0. The molecule has 1 aliphatic heterocycles. The molecule has 2 nitrogen and oxygen atoms in total. The van der Waals surface area contributed by atoms with Crippen LogP contribution < -0.4 is 4.90 Å². The molecule has 2 aromatic rings. The second kappa shape index (κ2) is 7.66. The zero-order chi connectivity index (χ0) is 15.2. The van der Waals surface area contributed by atoms with Crippen LogP contribution in [0.25, 0.3) is 0 Å². The van der Waals surface area contributed by atoms with E-state index in [4.69, 9.17) is 11.6 Å². The molecule has 0 radical (unpaired) electrons. The van der Waals surface area contributed by atoms with E-state index in [1.54, 1.807) is 0 Å². The third kappa shape index (κ3) is 4.25. The highest BCUT2D eigenvalue weighted by Gasteiger charge is 2.16. The Morgan fingerprint density at radius 2 is 1.50 bits per heavy atom. The smallest absolute Gasteiger partial charge is 0.0407 e. The first-order chi connectivity index (χ1) is 10.8. The van der Waals surface area contributed by atoms with Crippen LogP contribution in [0.1, 0.15) is 12.0 Å². The molecule has 1 heterocycles. The number of piperazine rings is 1. The van der Waals surface area contributed by atoms with Gasteiger partial charge in [0.05, 0.1) is 0 Å². The lowest BCUT2D eigenvalue weighted by atomic mass is 10.1. The molecule has 2 aromatic carbocycles.